The number of anilines is 1. The van der Waals surface area contributed by atoms with Gasteiger partial charge < -0.3 is 4.90 Å². The van der Waals surface area contributed by atoms with Crippen molar-refractivity contribution in [2.24, 2.45) is 0 Å². The molecule has 1 aromatic heterocycles. The van der Waals surface area contributed by atoms with E-state index in [1.807, 2.05) is 12.1 Å². The Balaban J connectivity index is 2.27. The fourth-order valence-electron chi connectivity index (χ4n) is 2.08. The van der Waals surface area contributed by atoms with Gasteiger partial charge in [-0.2, -0.15) is 5.26 Å². The van der Waals surface area contributed by atoms with Crippen LogP contribution in [0.15, 0.2) is 42.6 Å². The van der Waals surface area contributed by atoms with Gasteiger partial charge in [-0.05, 0) is 37.6 Å². The number of hydrogen-bond donors (Lipinski definition) is 0. The van der Waals surface area contributed by atoms with Crippen LogP contribution in [-0.4, -0.2) is 11.5 Å². The standard InChI is InChI=1S/C16H17N3/c1-3-19(15-8-4-6-13(2)10-15)12-14-7-5-9-18-16(14)11-17/h4-10H,3,12H2,1-2H3. The highest BCUT2D eigenvalue weighted by Crippen LogP contribution is 2.19. The summed E-state index contributed by atoms with van der Waals surface area (Å²) in [5, 5.41) is 9.09. The van der Waals surface area contributed by atoms with Crippen LogP contribution in [0.4, 0.5) is 5.69 Å². The van der Waals surface area contributed by atoms with Crippen molar-refractivity contribution in [3.63, 3.8) is 0 Å². The Bertz CT molecular complexity index is 599. The van der Waals surface area contributed by atoms with Crippen molar-refractivity contribution in [1.82, 2.24) is 4.98 Å². The highest BCUT2D eigenvalue weighted by molar-refractivity contribution is 5.49. The van der Waals surface area contributed by atoms with Crippen LogP contribution < -0.4 is 4.90 Å². The van der Waals surface area contributed by atoms with Gasteiger partial charge in [0, 0.05) is 30.5 Å². The van der Waals surface area contributed by atoms with Crippen LogP contribution >= 0.6 is 0 Å². The van der Waals surface area contributed by atoms with Crippen molar-refractivity contribution in [3.05, 3.63) is 59.4 Å². The molecule has 1 aromatic carbocycles. The van der Waals surface area contributed by atoms with Crippen molar-refractivity contribution in [1.29, 1.82) is 5.26 Å². The number of rotatable bonds is 4. The van der Waals surface area contributed by atoms with Crippen molar-refractivity contribution in [2.75, 3.05) is 11.4 Å². The van der Waals surface area contributed by atoms with Crippen molar-refractivity contribution in [3.8, 4) is 6.07 Å². The van der Waals surface area contributed by atoms with Gasteiger partial charge in [0.25, 0.3) is 0 Å². The predicted molar refractivity (Wildman–Crippen MR) is 76.9 cm³/mol. The molecule has 0 saturated carbocycles. The monoisotopic (exact) mass is 251 g/mol. The molecule has 0 amide bonds. The lowest BCUT2D eigenvalue weighted by Gasteiger charge is -2.23. The van der Waals surface area contributed by atoms with E-state index in [-0.39, 0.29) is 0 Å². The molecule has 2 rings (SSSR count). The first kappa shape index (κ1) is 13.1. The summed E-state index contributed by atoms with van der Waals surface area (Å²) in [5.74, 6) is 0. The Hall–Kier alpha value is -2.34. The van der Waals surface area contributed by atoms with Gasteiger partial charge in [0.05, 0.1) is 0 Å². The quantitative estimate of drug-likeness (QED) is 0.837. The normalized spacial score (nSPS) is 9.95. The molecule has 0 saturated heterocycles. The van der Waals surface area contributed by atoms with Crippen LogP contribution in [0.5, 0.6) is 0 Å². The lowest BCUT2D eigenvalue weighted by atomic mass is 10.1. The van der Waals surface area contributed by atoms with Gasteiger partial charge in [-0.3, -0.25) is 0 Å². The highest BCUT2D eigenvalue weighted by Gasteiger charge is 2.09. The summed E-state index contributed by atoms with van der Waals surface area (Å²) in [6.07, 6.45) is 1.66. The Morgan fingerprint density at radius 2 is 2.11 bits per heavy atom. The van der Waals surface area contributed by atoms with Gasteiger partial charge in [-0.25, -0.2) is 4.98 Å². The number of hydrogen-bond acceptors (Lipinski definition) is 3. The highest BCUT2D eigenvalue weighted by atomic mass is 15.1. The second kappa shape index (κ2) is 6.01. The van der Waals surface area contributed by atoms with E-state index in [0.717, 1.165) is 12.1 Å². The van der Waals surface area contributed by atoms with Gasteiger partial charge in [0.1, 0.15) is 11.8 Å². The van der Waals surface area contributed by atoms with Crippen molar-refractivity contribution >= 4 is 5.69 Å². The van der Waals surface area contributed by atoms with Gasteiger partial charge in [-0.1, -0.05) is 18.2 Å². The number of aromatic nitrogens is 1. The van der Waals surface area contributed by atoms with E-state index < -0.39 is 0 Å². The number of nitriles is 1. The maximum absolute atomic E-state index is 9.09. The second-order valence-corrected chi connectivity index (χ2v) is 4.48. The summed E-state index contributed by atoms with van der Waals surface area (Å²) < 4.78 is 0. The summed E-state index contributed by atoms with van der Waals surface area (Å²) in [4.78, 5) is 6.35. The van der Waals surface area contributed by atoms with Crippen LogP contribution in [0.25, 0.3) is 0 Å². The third-order valence-corrected chi connectivity index (χ3v) is 3.11. The van der Waals surface area contributed by atoms with Gasteiger partial charge in [0.15, 0.2) is 0 Å². The first-order valence-corrected chi connectivity index (χ1v) is 6.40. The fourth-order valence-corrected chi connectivity index (χ4v) is 2.08. The molecule has 0 fully saturated rings. The molecule has 19 heavy (non-hydrogen) atoms. The average molecular weight is 251 g/mol. The van der Waals surface area contributed by atoms with E-state index in [2.05, 4.69) is 54.1 Å². The molecule has 0 unspecified atom stereocenters. The summed E-state index contributed by atoms with van der Waals surface area (Å²) in [6.45, 7) is 5.80. The van der Waals surface area contributed by atoms with E-state index in [1.54, 1.807) is 6.20 Å². The van der Waals surface area contributed by atoms with Crippen LogP contribution in [0.3, 0.4) is 0 Å². The zero-order valence-corrected chi connectivity index (χ0v) is 11.3. The minimum absolute atomic E-state index is 0.508. The van der Waals surface area contributed by atoms with E-state index >= 15 is 0 Å². The molecule has 1 heterocycles. The Morgan fingerprint density at radius 3 is 2.79 bits per heavy atom. The zero-order valence-electron chi connectivity index (χ0n) is 11.3. The number of benzene rings is 1. The number of nitrogens with zero attached hydrogens (tertiary/aromatic N) is 3. The third-order valence-electron chi connectivity index (χ3n) is 3.11. The minimum Gasteiger partial charge on any atom is -0.367 e. The minimum atomic E-state index is 0.508. The van der Waals surface area contributed by atoms with Crippen LogP contribution in [0.2, 0.25) is 0 Å². The molecule has 0 N–H and O–H groups in total. The first-order valence-electron chi connectivity index (χ1n) is 6.40. The van der Waals surface area contributed by atoms with E-state index in [1.165, 1.54) is 11.3 Å². The van der Waals surface area contributed by atoms with Crippen LogP contribution in [0.1, 0.15) is 23.7 Å². The molecule has 0 aliphatic rings. The molecule has 0 radical (unpaired) electrons. The summed E-state index contributed by atoms with van der Waals surface area (Å²) in [7, 11) is 0. The Kier molecular flexibility index (Phi) is 4.15. The molecule has 0 aliphatic heterocycles. The number of aryl methyl sites for hydroxylation is 1. The van der Waals surface area contributed by atoms with Crippen LogP contribution in [0, 0.1) is 18.3 Å². The van der Waals surface area contributed by atoms with Gasteiger partial charge >= 0.3 is 0 Å². The SMILES string of the molecule is CCN(Cc1cccnc1C#N)c1cccc(C)c1. The van der Waals surface area contributed by atoms with E-state index in [4.69, 9.17) is 5.26 Å². The summed E-state index contributed by atoms with van der Waals surface area (Å²) in [6, 6.07) is 14.4. The first-order chi connectivity index (χ1) is 9.24. The smallest absolute Gasteiger partial charge is 0.145 e. The molecule has 0 bridgehead atoms. The lowest BCUT2D eigenvalue weighted by molar-refractivity contribution is 0.824. The summed E-state index contributed by atoms with van der Waals surface area (Å²) in [5.41, 5.74) is 3.89. The van der Waals surface area contributed by atoms with E-state index in [0.29, 0.717) is 12.2 Å². The molecule has 2 aromatic rings. The molecule has 3 nitrogen and oxygen atoms in total. The van der Waals surface area contributed by atoms with Crippen LogP contribution in [-0.2, 0) is 6.54 Å². The van der Waals surface area contributed by atoms with Crippen molar-refractivity contribution < 1.29 is 0 Å². The fraction of sp³-hybridized carbons (Fsp3) is 0.250. The zero-order chi connectivity index (χ0) is 13.7. The molecule has 96 valence electrons. The Morgan fingerprint density at radius 1 is 1.26 bits per heavy atom. The molecule has 0 aliphatic carbocycles. The largest absolute Gasteiger partial charge is 0.367 e. The molecule has 0 atom stereocenters. The Labute approximate surface area is 114 Å². The maximum atomic E-state index is 9.09. The molecule has 0 spiro atoms. The van der Waals surface area contributed by atoms with Gasteiger partial charge in [-0.15, -0.1) is 0 Å². The molecular formula is C16H17N3. The topological polar surface area (TPSA) is 39.9 Å². The lowest BCUT2D eigenvalue weighted by Crippen LogP contribution is -2.22. The molecular weight excluding hydrogens is 234 g/mol. The number of pyridine rings is 1. The van der Waals surface area contributed by atoms with Gasteiger partial charge in [0.2, 0.25) is 0 Å². The third kappa shape index (κ3) is 3.11. The average Bonchev–Trinajstić information content (AvgIpc) is 2.45. The predicted octanol–water partition coefficient (Wildman–Crippen LogP) is 3.29. The molecule has 3 heteroatoms. The summed E-state index contributed by atoms with van der Waals surface area (Å²) >= 11 is 0. The second-order valence-electron chi connectivity index (χ2n) is 4.48. The maximum Gasteiger partial charge on any atom is 0.145 e. The van der Waals surface area contributed by atoms with Crippen molar-refractivity contribution in [2.45, 2.75) is 20.4 Å². The van der Waals surface area contributed by atoms with E-state index in [9.17, 15) is 0 Å².